The fraction of sp³-hybridized carbons (Fsp3) is 0.438. The lowest BCUT2D eigenvalue weighted by Crippen LogP contribution is -2.23. The quantitative estimate of drug-likeness (QED) is 0.666. The van der Waals surface area contributed by atoms with Gasteiger partial charge in [0.1, 0.15) is 12.4 Å². The van der Waals surface area contributed by atoms with Crippen molar-refractivity contribution in [2.75, 3.05) is 13.1 Å². The number of aryl methyl sites for hydroxylation is 1. The maximum Gasteiger partial charge on any atom is 0.234 e. The average molecular weight is 331 g/mol. The second-order valence-corrected chi connectivity index (χ2v) is 6.41. The summed E-state index contributed by atoms with van der Waals surface area (Å²) in [4.78, 5) is 3.11. The van der Waals surface area contributed by atoms with Crippen molar-refractivity contribution in [2.24, 2.45) is 0 Å². The van der Waals surface area contributed by atoms with Gasteiger partial charge >= 0.3 is 0 Å². The van der Waals surface area contributed by atoms with Crippen LogP contribution < -0.4 is 4.74 Å². The van der Waals surface area contributed by atoms with Gasteiger partial charge in [-0.15, -0.1) is 10.2 Å². The summed E-state index contributed by atoms with van der Waals surface area (Å²) in [6, 6.07) is 8.02. The first kappa shape index (κ1) is 15.9. The van der Waals surface area contributed by atoms with Crippen LogP contribution in [0.3, 0.4) is 0 Å². The van der Waals surface area contributed by atoms with Gasteiger partial charge in [0.25, 0.3) is 0 Å². The minimum absolute atomic E-state index is 0.447. The SMILES string of the molecule is CCN(CC)Cc1nnc2sc(COc3cccc(C)c3)nn12. The van der Waals surface area contributed by atoms with E-state index < -0.39 is 0 Å². The fourth-order valence-electron chi connectivity index (χ4n) is 2.35. The molecule has 3 aromatic rings. The summed E-state index contributed by atoms with van der Waals surface area (Å²) in [5.41, 5.74) is 1.18. The Morgan fingerprint density at radius 3 is 2.78 bits per heavy atom. The highest BCUT2D eigenvalue weighted by Gasteiger charge is 2.14. The first-order valence-electron chi connectivity index (χ1n) is 7.81. The molecule has 0 spiro atoms. The molecule has 0 aliphatic heterocycles. The molecule has 3 rings (SSSR count). The van der Waals surface area contributed by atoms with Crippen molar-refractivity contribution in [3.05, 3.63) is 40.7 Å². The van der Waals surface area contributed by atoms with Gasteiger partial charge < -0.3 is 4.74 Å². The lowest BCUT2D eigenvalue weighted by molar-refractivity contribution is 0.284. The summed E-state index contributed by atoms with van der Waals surface area (Å²) in [7, 11) is 0. The molecule has 23 heavy (non-hydrogen) atoms. The standard InChI is InChI=1S/C16H21N5OS/c1-4-20(5-2)10-14-17-18-16-21(14)19-15(23-16)11-22-13-8-6-7-12(3)9-13/h6-9H,4-5,10-11H2,1-3H3. The maximum absolute atomic E-state index is 5.81. The zero-order valence-corrected chi connectivity index (χ0v) is 14.5. The number of rotatable bonds is 7. The van der Waals surface area contributed by atoms with E-state index in [1.165, 1.54) is 16.9 Å². The number of hydrogen-bond acceptors (Lipinski definition) is 6. The highest BCUT2D eigenvalue weighted by Crippen LogP contribution is 2.18. The van der Waals surface area contributed by atoms with Gasteiger partial charge in [-0.25, -0.2) is 0 Å². The molecule has 0 atom stereocenters. The molecule has 0 radical (unpaired) electrons. The molecule has 0 saturated heterocycles. The summed E-state index contributed by atoms with van der Waals surface area (Å²) in [5, 5.41) is 13.9. The Morgan fingerprint density at radius 1 is 1.22 bits per heavy atom. The van der Waals surface area contributed by atoms with E-state index in [0.717, 1.165) is 41.2 Å². The van der Waals surface area contributed by atoms with Crippen LogP contribution in [0.2, 0.25) is 0 Å². The zero-order chi connectivity index (χ0) is 16.2. The third-order valence-electron chi connectivity index (χ3n) is 3.71. The molecule has 0 fully saturated rings. The Bertz CT molecular complexity index is 778. The second kappa shape index (κ2) is 7.06. The van der Waals surface area contributed by atoms with Gasteiger partial charge in [-0.3, -0.25) is 4.90 Å². The third-order valence-corrected chi connectivity index (χ3v) is 4.58. The van der Waals surface area contributed by atoms with Gasteiger partial charge in [0.2, 0.25) is 4.96 Å². The minimum atomic E-state index is 0.447. The summed E-state index contributed by atoms with van der Waals surface area (Å²) >= 11 is 1.52. The van der Waals surface area contributed by atoms with Crippen molar-refractivity contribution in [1.82, 2.24) is 24.7 Å². The lowest BCUT2D eigenvalue weighted by atomic mass is 10.2. The first-order chi connectivity index (χ1) is 11.2. The number of benzene rings is 1. The monoisotopic (exact) mass is 331 g/mol. The van der Waals surface area contributed by atoms with Crippen molar-refractivity contribution in [3.63, 3.8) is 0 Å². The molecule has 0 amide bonds. The topological polar surface area (TPSA) is 55.5 Å². The van der Waals surface area contributed by atoms with E-state index in [4.69, 9.17) is 4.74 Å². The van der Waals surface area contributed by atoms with Crippen molar-refractivity contribution in [2.45, 2.75) is 33.9 Å². The third kappa shape index (κ3) is 3.68. The predicted octanol–water partition coefficient (Wildman–Crippen LogP) is 2.92. The largest absolute Gasteiger partial charge is 0.486 e. The van der Waals surface area contributed by atoms with Gasteiger partial charge in [0.15, 0.2) is 10.8 Å². The second-order valence-electron chi connectivity index (χ2n) is 5.37. The smallest absolute Gasteiger partial charge is 0.234 e. The van der Waals surface area contributed by atoms with E-state index in [0.29, 0.717) is 6.61 Å². The van der Waals surface area contributed by atoms with Gasteiger partial charge in [0, 0.05) is 0 Å². The Labute approximate surface area is 139 Å². The molecule has 122 valence electrons. The van der Waals surface area contributed by atoms with Crippen LogP contribution in [0.4, 0.5) is 0 Å². The molecule has 0 saturated carbocycles. The van der Waals surface area contributed by atoms with Gasteiger partial charge in [-0.2, -0.15) is 9.61 Å². The highest BCUT2D eigenvalue weighted by molar-refractivity contribution is 7.16. The molecule has 0 N–H and O–H groups in total. The molecule has 6 nitrogen and oxygen atoms in total. The van der Waals surface area contributed by atoms with Crippen LogP contribution in [0, 0.1) is 6.92 Å². The van der Waals surface area contributed by atoms with Gasteiger partial charge in [-0.1, -0.05) is 37.3 Å². The molecule has 0 bridgehead atoms. The van der Waals surface area contributed by atoms with E-state index >= 15 is 0 Å². The molecule has 2 aromatic heterocycles. The van der Waals surface area contributed by atoms with Gasteiger partial charge in [-0.05, 0) is 37.7 Å². The van der Waals surface area contributed by atoms with Crippen LogP contribution in [0.1, 0.15) is 30.2 Å². The molecule has 0 unspecified atom stereocenters. The lowest BCUT2D eigenvalue weighted by Gasteiger charge is -2.15. The van der Waals surface area contributed by atoms with E-state index in [2.05, 4.69) is 47.0 Å². The summed E-state index contributed by atoms with van der Waals surface area (Å²) in [6.07, 6.45) is 0. The van der Waals surface area contributed by atoms with E-state index in [9.17, 15) is 0 Å². The molecule has 7 heteroatoms. The van der Waals surface area contributed by atoms with E-state index in [1.54, 1.807) is 0 Å². The predicted molar refractivity (Wildman–Crippen MR) is 90.8 cm³/mol. The number of nitrogens with zero attached hydrogens (tertiary/aromatic N) is 5. The van der Waals surface area contributed by atoms with Crippen LogP contribution in [0.25, 0.3) is 4.96 Å². The molecule has 1 aromatic carbocycles. The van der Waals surface area contributed by atoms with Crippen molar-refractivity contribution >= 4 is 16.3 Å². The zero-order valence-electron chi connectivity index (χ0n) is 13.7. The Hall–Kier alpha value is -1.99. The number of fused-ring (bicyclic) bond motifs is 1. The summed E-state index contributed by atoms with van der Waals surface area (Å²) < 4.78 is 7.64. The van der Waals surface area contributed by atoms with Crippen LogP contribution in [-0.4, -0.2) is 37.8 Å². The van der Waals surface area contributed by atoms with Crippen molar-refractivity contribution in [1.29, 1.82) is 0 Å². The van der Waals surface area contributed by atoms with Crippen LogP contribution >= 0.6 is 11.3 Å². The summed E-state index contributed by atoms with van der Waals surface area (Å²) in [5.74, 6) is 1.74. The van der Waals surface area contributed by atoms with Crippen LogP contribution in [0.15, 0.2) is 24.3 Å². The number of ether oxygens (including phenoxy) is 1. The Balaban J connectivity index is 1.72. The van der Waals surface area contributed by atoms with Crippen LogP contribution in [-0.2, 0) is 13.2 Å². The summed E-state index contributed by atoms with van der Waals surface area (Å²) in [6.45, 7) is 9.51. The number of hydrogen-bond donors (Lipinski definition) is 0. The molecule has 0 aliphatic rings. The van der Waals surface area contributed by atoms with E-state index in [1.807, 2.05) is 22.7 Å². The molecular weight excluding hydrogens is 310 g/mol. The normalized spacial score (nSPS) is 11.5. The van der Waals surface area contributed by atoms with Crippen LogP contribution in [0.5, 0.6) is 5.75 Å². The fourth-order valence-corrected chi connectivity index (χ4v) is 3.12. The first-order valence-corrected chi connectivity index (χ1v) is 8.63. The van der Waals surface area contributed by atoms with Crippen molar-refractivity contribution in [3.8, 4) is 5.75 Å². The maximum atomic E-state index is 5.81. The minimum Gasteiger partial charge on any atom is -0.486 e. The molecule has 2 heterocycles. The Kier molecular flexibility index (Phi) is 4.88. The van der Waals surface area contributed by atoms with Gasteiger partial charge in [0.05, 0.1) is 6.54 Å². The van der Waals surface area contributed by atoms with Crippen molar-refractivity contribution < 1.29 is 4.74 Å². The molecular formula is C16H21N5OS. The Morgan fingerprint density at radius 2 is 2.04 bits per heavy atom. The highest BCUT2D eigenvalue weighted by atomic mass is 32.1. The number of aromatic nitrogens is 4. The molecule has 0 aliphatic carbocycles. The average Bonchev–Trinajstić information content (AvgIpc) is 3.11. The van der Waals surface area contributed by atoms with E-state index in [-0.39, 0.29) is 0 Å².